The van der Waals surface area contributed by atoms with Crippen molar-refractivity contribution in [2.75, 3.05) is 26.5 Å². The number of hydrogen-bond donors (Lipinski definition) is 1. The molecule has 2 aliphatic heterocycles. The zero-order valence-corrected chi connectivity index (χ0v) is 15.9. The molecule has 8 heteroatoms. The zero-order chi connectivity index (χ0) is 17.1. The Bertz CT molecular complexity index is 645. The van der Waals surface area contributed by atoms with Gasteiger partial charge in [0.05, 0.1) is 37.3 Å². The van der Waals surface area contributed by atoms with Crippen molar-refractivity contribution in [3.63, 3.8) is 0 Å². The predicted molar refractivity (Wildman–Crippen MR) is 99.3 cm³/mol. The quantitative estimate of drug-likeness (QED) is 0.860. The Morgan fingerprint density at radius 1 is 1.36 bits per heavy atom. The number of nitrogens with zero attached hydrogens (tertiary/aromatic N) is 2. The Labute approximate surface area is 158 Å². The lowest BCUT2D eigenvalue weighted by Crippen LogP contribution is -2.46. The summed E-state index contributed by atoms with van der Waals surface area (Å²) in [7, 11) is 3.25. The second kappa shape index (κ2) is 8.65. The number of nitrogens with one attached hydrogen (secondary N) is 1. The third kappa shape index (κ3) is 3.81. The third-order valence-corrected chi connectivity index (χ3v) is 5.72. The highest BCUT2D eigenvalue weighted by Crippen LogP contribution is 2.43. The number of ether oxygens (including phenoxy) is 2. The Morgan fingerprint density at radius 2 is 2.04 bits per heavy atom. The van der Waals surface area contributed by atoms with Crippen LogP contribution in [-0.4, -0.2) is 49.4 Å². The molecule has 0 spiro atoms. The number of carbonyl (C=O) groups is 1. The molecule has 1 aromatic rings. The second-order valence-electron chi connectivity index (χ2n) is 5.83. The van der Waals surface area contributed by atoms with Crippen molar-refractivity contribution in [2.45, 2.75) is 30.3 Å². The fraction of sp³-hybridized carbons (Fsp3) is 0.529. The van der Waals surface area contributed by atoms with Crippen LogP contribution >= 0.6 is 24.2 Å². The van der Waals surface area contributed by atoms with Crippen molar-refractivity contribution < 1.29 is 14.3 Å². The van der Waals surface area contributed by atoms with Gasteiger partial charge in [-0.05, 0) is 25.0 Å². The normalized spacial score (nSPS) is 25.2. The van der Waals surface area contributed by atoms with Crippen molar-refractivity contribution in [2.24, 2.45) is 0 Å². The van der Waals surface area contributed by atoms with Gasteiger partial charge in [0, 0.05) is 12.3 Å². The van der Waals surface area contributed by atoms with Gasteiger partial charge in [-0.1, -0.05) is 6.07 Å². The lowest BCUT2D eigenvalue weighted by Gasteiger charge is -2.24. The lowest BCUT2D eigenvalue weighted by atomic mass is 10.1. The van der Waals surface area contributed by atoms with Crippen molar-refractivity contribution in [1.82, 2.24) is 10.2 Å². The summed E-state index contributed by atoms with van der Waals surface area (Å²) in [6.45, 7) is 0.669. The minimum atomic E-state index is -0.288. The SMILES string of the molecule is COc1cccc(OC)c1C1N[C@H](C(=O)N2CCC[C@H]2C#N)CS1.Cl. The Kier molecular flexibility index (Phi) is 6.82. The lowest BCUT2D eigenvalue weighted by molar-refractivity contribution is -0.132. The van der Waals surface area contributed by atoms with Gasteiger partial charge in [0.2, 0.25) is 5.91 Å². The van der Waals surface area contributed by atoms with E-state index in [2.05, 4.69) is 11.4 Å². The standard InChI is InChI=1S/C17H21N3O3S.ClH/c1-22-13-6-3-7-14(23-2)15(13)16-19-12(10-24-16)17(21)20-8-4-5-11(20)9-18;/h3,6-7,11-12,16,19H,4-5,8,10H2,1-2H3;1H/t11-,12-,16?;/m0./s1. The average Bonchev–Trinajstić information content (AvgIpc) is 3.29. The maximum Gasteiger partial charge on any atom is 0.241 e. The molecule has 2 heterocycles. The summed E-state index contributed by atoms with van der Waals surface area (Å²) in [6.07, 6.45) is 1.67. The van der Waals surface area contributed by atoms with Crippen LogP contribution in [0.1, 0.15) is 23.8 Å². The van der Waals surface area contributed by atoms with E-state index in [-0.39, 0.29) is 35.8 Å². The molecule has 2 saturated heterocycles. The number of thioether (sulfide) groups is 1. The molecule has 2 aliphatic rings. The molecule has 3 atom stereocenters. The smallest absolute Gasteiger partial charge is 0.241 e. The number of amides is 1. The molecule has 1 unspecified atom stereocenters. The van der Waals surface area contributed by atoms with Gasteiger partial charge in [-0.25, -0.2) is 0 Å². The molecule has 0 aliphatic carbocycles. The first kappa shape index (κ1) is 19.7. The largest absolute Gasteiger partial charge is 0.496 e. The van der Waals surface area contributed by atoms with Crippen LogP contribution in [0.4, 0.5) is 0 Å². The van der Waals surface area contributed by atoms with Gasteiger partial charge in [-0.3, -0.25) is 10.1 Å². The van der Waals surface area contributed by atoms with E-state index in [0.717, 1.165) is 29.9 Å². The molecule has 2 fully saturated rings. The van der Waals surface area contributed by atoms with Crippen LogP contribution < -0.4 is 14.8 Å². The highest BCUT2D eigenvalue weighted by Gasteiger charge is 2.39. The summed E-state index contributed by atoms with van der Waals surface area (Å²) in [5.74, 6) is 2.16. The van der Waals surface area contributed by atoms with Gasteiger partial charge in [-0.15, -0.1) is 24.2 Å². The Morgan fingerprint density at radius 3 is 2.64 bits per heavy atom. The van der Waals surface area contributed by atoms with Crippen LogP contribution in [-0.2, 0) is 4.79 Å². The van der Waals surface area contributed by atoms with Crippen molar-refractivity contribution in [1.29, 1.82) is 5.26 Å². The monoisotopic (exact) mass is 383 g/mol. The number of hydrogen-bond acceptors (Lipinski definition) is 6. The summed E-state index contributed by atoms with van der Waals surface area (Å²) >= 11 is 1.66. The molecule has 1 N–H and O–H groups in total. The van der Waals surface area contributed by atoms with Gasteiger partial charge < -0.3 is 14.4 Å². The van der Waals surface area contributed by atoms with E-state index in [4.69, 9.17) is 9.47 Å². The summed E-state index contributed by atoms with van der Waals surface area (Å²) in [5, 5.41) is 12.5. The number of nitriles is 1. The van der Waals surface area contributed by atoms with Gasteiger partial charge in [-0.2, -0.15) is 5.26 Å². The highest BCUT2D eigenvalue weighted by atomic mass is 35.5. The fourth-order valence-corrected chi connectivity index (χ4v) is 4.57. The molecule has 136 valence electrons. The number of likely N-dealkylation sites (tertiary alicyclic amines) is 1. The molecule has 0 aromatic heterocycles. The molecule has 6 nitrogen and oxygen atoms in total. The summed E-state index contributed by atoms with van der Waals surface area (Å²) in [5.41, 5.74) is 0.918. The molecular weight excluding hydrogens is 362 g/mol. The number of methoxy groups -OCH3 is 2. The first-order valence-electron chi connectivity index (χ1n) is 7.98. The predicted octanol–water partition coefficient (Wildman–Crippen LogP) is 2.34. The summed E-state index contributed by atoms with van der Waals surface area (Å²) in [4.78, 5) is 14.4. The first-order chi connectivity index (χ1) is 11.7. The average molecular weight is 384 g/mol. The van der Waals surface area contributed by atoms with Crippen LogP contribution in [0.25, 0.3) is 0 Å². The van der Waals surface area contributed by atoms with E-state index in [0.29, 0.717) is 12.3 Å². The molecule has 1 aromatic carbocycles. The Hall–Kier alpha value is -1.62. The maximum absolute atomic E-state index is 12.7. The molecule has 0 radical (unpaired) electrons. The van der Waals surface area contributed by atoms with Gasteiger partial charge in [0.15, 0.2) is 0 Å². The minimum absolute atomic E-state index is 0. The number of halogens is 1. The molecule has 0 saturated carbocycles. The minimum Gasteiger partial charge on any atom is -0.496 e. The molecule has 25 heavy (non-hydrogen) atoms. The van der Waals surface area contributed by atoms with Crippen LogP contribution in [0, 0.1) is 11.3 Å². The number of rotatable bonds is 4. The summed E-state index contributed by atoms with van der Waals surface area (Å²) < 4.78 is 10.9. The zero-order valence-electron chi connectivity index (χ0n) is 14.2. The molecule has 0 bridgehead atoms. The molecule has 3 rings (SSSR count). The van der Waals surface area contributed by atoms with E-state index in [9.17, 15) is 10.1 Å². The first-order valence-corrected chi connectivity index (χ1v) is 9.03. The third-order valence-electron chi connectivity index (χ3n) is 4.49. The fourth-order valence-electron chi connectivity index (χ4n) is 3.28. The van der Waals surface area contributed by atoms with Crippen LogP contribution in [0.15, 0.2) is 18.2 Å². The second-order valence-corrected chi connectivity index (χ2v) is 6.97. The van der Waals surface area contributed by atoms with E-state index in [1.165, 1.54) is 0 Å². The molecule has 1 amide bonds. The van der Waals surface area contributed by atoms with Crippen molar-refractivity contribution in [3.8, 4) is 17.6 Å². The van der Waals surface area contributed by atoms with Gasteiger partial charge in [0.1, 0.15) is 17.5 Å². The maximum atomic E-state index is 12.7. The van der Waals surface area contributed by atoms with E-state index < -0.39 is 0 Å². The van der Waals surface area contributed by atoms with E-state index in [1.54, 1.807) is 30.9 Å². The van der Waals surface area contributed by atoms with Crippen LogP contribution in [0.5, 0.6) is 11.5 Å². The highest BCUT2D eigenvalue weighted by molar-refractivity contribution is 7.99. The van der Waals surface area contributed by atoms with E-state index in [1.807, 2.05) is 18.2 Å². The summed E-state index contributed by atoms with van der Waals surface area (Å²) in [6, 6.07) is 7.31. The number of benzene rings is 1. The topological polar surface area (TPSA) is 74.6 Å². The number of carbonyl (C=O) groups excluding carboxylic acids is 1. The van der Waals surface area contributed by atoms with Crippen LogP contribution in [0.2, 0.25) is 0 Å². The van der Waals surface area contributed by atoms with E-state index >= 15 is 0 Å². The van der Waals surface area contributed by atoms with Crippen molar-refractivity contribution >= 4 is 30.1 Å². The van der Waals surface area contributed by atoms with Crippen LogP contribution in [0.3, 0.4) is 0 Å². The van der Waals surface area contributed by atoms with Crippen molar-refractivity contribution in [3.05, 3.63) is 23.8 Å². The van der Waals surface area contributed by atoms with Gasteiger partial charge >= 0.3 is 0 Å². The van der Waals surface area contributed by atoms with Gasteiger partial charge in [0.25, 0.3) is 0 Å². The molecular formula is C17H22ClN3O3S. The Balaban J connectivity index is 0.00000225.